The van der Waals surface area contributed by atoms with Crippen LogP contribution in [0, 0.1) is 17.3 Å². The highest BCUT2D eigenvalue weighted by Crippen LogP contribution is 2.52. The molecule has 0 spiro atoms. The van der Waals surface area contributed by atoms with Crippen LogP contribution in [-0.4, -0.2) is 0 Å². The van der Waals surface area contributed by atoms with Gasteiger partial charge in [-0.3, -0.25) is 0 Å². The first-order valence-corrected chi connectivity index (χ1v) is 6.39. The van der Waals surface area contributed by atoms with Crippen molar-refractivity contribution in [3.63, 3.8) is 0 Å². The van der Waals surface area contributed by atoms with E-state index in [1.54, 1.807) is 5.57 Å². The Balaban J connectivity index is 2.26. The van der Waals surface area contributed by atoms with E-state index in [1.807, 2.05) is 0 Å². The lowest BCUT2D eigenvalue weighted by Gasteiger charge is -2.47. The van der Waals surface area contributed by atoms with Gasteiger partial charge >= 0.3 is 0 Å². The molecule has 0 heteroatoms. The highest BCUT2D eigenvalue weighted by molar-refractivity contribution is 5.23. The molecule has 0 amide bonds. The number of fused-ring (bicyclic) bond motifs is 1. The normalized spacial score (nSPS) is 40.6. The maximum atomic E-state index is 4.14. The van der Waals surface area contributed by atoms with E-state index in [-0.39, 0.29) is 0 Å². The summed E-state index contributed by atoms with van der Waals surface area (Å²) in [7, 11) is 0. The molecule has 3 atom stereocenters. The molecule has 0 heterocycles. The molecule has 1 fully saturated rings. The van der Waals surface area contributed by atoms with Gasteiger partial charge in [-0.05, 0) is 56.3 Å². The number of rotatable bonds is 1. The molecule has 0 nitrogen and oxygen atoms in total. The van der Waals surface area contributed by atoms with Gasteiger partial charge in [0.05, 0.1) is 0 Å². The standard InChI is InChI=1S/C15H24/c1-11(2)13-8-9-14-7-5-6-12(3)15(14,4)10-13/h9,12-13H,1,5-8,10H2,2-4H3/t12-,13-,15+/m0/s1. The molecule has 0 N–H and O–H groups in total. The van der Waals surface area contributed by atoms with Gasteiger partial charge in [0.25, 0.3) is 0 Å². The lowest BCUT2D eigenvalue weighted by Crippen LogP contribution is -2.36. The van der Waals surface area contributed by atoms with Crippen molar-refractivity contribution in [1.29, 1.82) is 0 Å². The van der Waals surface area contributed by atoms with Gasteiger partial charge in [-0.15, -0.1) is 0 Å². The van der Waals surface area contributed by atoms with E-state index < -0.39 is 0 Å². The third-order valence-corrected chi connectivity index (χ3v) is 4.92. The molecule has 0 saturated heterocycles. The fourth-order valence-corrected chi connectivity index (χ4v) is 3.44. The number of allylic oxidation sites excluding steroid dienone is 3. The molecule has 0 aromatic rings. The topological polar surface area (TPSA) is 0 Å². The second kappa shape index (κ2) is 3.81. The van der Waals surface area contributed by atoms with Crippen molar-refractivity contribution in [2.24, 2.45) is 17.3 Å². The van der Waals surface area contributed by atoms with E-state index in [9.17, 15) is 0 Å². The molecule has 1 saturated carbocycles. The van der Waals surface area contributed by atoms with E-state index in [1.165, 1.54) is 37.7 Å². The summed E-state index contributed by atoms with van der Waals surface area (Å²) >= 11 is 0. The van der Waals surface area contributed by atoms with Crippen molar-refractivity contribution in [2.45, 2.75) is 52.9 Å². The average molecular weight is 204 g/mol. The first-order chi connectivity index (χ1) is 7.04. The van der Waals surface area contributed by atoms with Crippen LogP contribution >= 0.6 is 0 Å². The summed E-state index contributed by atoms with van der Waals surface area (Å²) in [6.45, 7) is 11.3. The summed E-state index contributed by atoms with van der Waals surface area (Å²) in [6, 6.07) is 0. The molecular weight excluding hydrogens is 180 g/mol. The van der Waals surface area contributed by atoms with Crippen LogP contribution in [0.1, 0.15) is 52.9 Å². The van der Waals surface area contributed by atoms with Crippen LogP contribution in [0.25, 0.3) is 0 Å². The third-order valence-electron chi connectivity index (χ3n) is 4.92. The van der Waals surface area contributed by atoms with Gasteiger partial charge in [0.2, 0.25) is 0 Å². The zero-order valence-electron chi connectivity index (χ0n) is 10.5. The van der Waals surface area contributed by atoms with Crippen molar-refractivity contribution < 1.29 is 0 Å². The lowest BCUT2D eigenvalue weighted by molar-refractivity contribution is 0.152. The van der Waals surface area contributed by atoms with Crippen LogP contribution in [0.2, 0.25) is 0 Å². The summed E-state index contributed by atoms with van der Waals surface area (Å²) in [5.74, 6) is 1.60. The second-order valence-electron chi connectivity index (χ2n) is 5.92. The molecule has 2 rings (SSSR count). The summed E-state index contributed by atoms with van der Waals surface area (Å²) < 4.78 is 0. The highest BCUT2D eigenvalue weighted by atomic mass is 14.5. The number of hydrogen-bond acceptors (Lipinski definition) is 0. The molecule has 0 bridgehead atoms. The van der Waals surface area contributed by atoms with Gasteiger partial charge in [-0.1, -0.05) is 37.6 Å². The minimum Gasteiger partial charge on any atom is -0.0998 e. The van der Waals surface area contributed by atoms with Crippen LogP contribution in [0.15, 0.2) is 23.8 Å². The molecule has 2 aliphatic carbocycles. The molecule has 2 aliphatic rings. The van der Waals surface area contributed by atoms with Crippen molar-refractivity contribution in [3.05, 3.63) is 23.8 Å². The Labute approximate surface area is 94.5 Å². The van der Waals surface area contributed by atoms with Gasteiger partial charge in [0.15, 0.2) is 0 Å². The zero-order chi connectivity index (χ0) is 11.1. The van der Waals surface area contributed by atoms with Gasteiger partial charge < -0.3 is 0 Å². The maximum absolute atomic E-state index is 4.14. The first-order valence-electron chi connectivity index (χ1n) is 6.39. The Bertz CT molecular complexity index is 297. The van der Waals surface area contributed by atoms with E-state index >= 15 is 0 Å². The molecular formula is C15H24. The number of hydrogen-bond donors (Lipinski definition) is 0. The van der Waals surface area contributed by atoms with Crippen LogP contribution < -0.4 is 0 Å². The average Bonchev–Trinajstić information content (AvgIpc) is 2.19. The van der Waals surface area contributed by atoms with Crippen molar-refractivity contribution in [2.75, 3.05) is 0 Å². The van der Waals surface area contributed by atoms with Gasteiger partial charge in [-0.2, -0.15) is 0 Å². The zero-order valence-corrected chi connectivity index (χ0v) is 10.5. The Morgan fingerprint density at radius 2 is 2.27 bits per heavy atom. The smallest absolute Gasteiger partial charge is 0.00850 e. The summed E-state index contributed by atoms with van der Waals surface area (Å²) in [5, 5.41) is 0. The lowest BCUT2D eigenvalue weighted by atomic mass is 9.58. The van der Waals surface area contributed by atoms with Crippen molar-refractivity contribution >= 4 is 0 Å². The third kappa shape index (κ3) is 1.79. The van der Waals surface area contributed by atoms with E-state index in [0.29, 0.717) is 5.41 Å². The van der Waals surface area contributed by atoms with Crippen LogP contribution in [-0.2, 0) is 0 Å². The van der Waals surface area contributed by atoms with E-state index in [2.05, 4.69) is 33.4 Å². The van der Waals surface area contributed by atoms with Gasteiger partial charge in [0.1, 0.15) is 0 Å². The fraction of sp³-hybridized carbons (Fsp3) is 0.733. The molecule has 84 valence electrons. The highest BCUT2D eigenvalue weighted by Gasteiger charge is 2.41. The monoisotopic (exact) mass is 204 g/mol. The Morgan fingerprint density at radius 3 is 2.93 bits per heavy atom. The Kier molecular flexibility index (Phi) is 2.79. The van der Waals surface area contributed by atoms with Crippen LogP contribution in [0.4, 0.5) is 0 Å². The van der Waals surface area contributed by atoms with E-state index in [0.717, 1.165) is 11.8 Å². The molecule has 0 aromatic heterocycles. The largest absolute Gasteiger partial charge is 0.0998 e. The predicted octanol–water partition coefficient (Wildman–Crippen LogP) is 4.73. The Hall–Kier alpha value is -0.520. The maximum Gasteiger partial charge on any atom is -0.00850 e. The van der Waals surface area contributed by atoms with Crippen molar-refractivity contribution in [3.8, 4) is 0 Å². The van der Waals surface area contributed by atoms with Crippen molar-refractivity contribution in [1.82, 2.24) is 0 Å². The first kappa shape index (κ1) is 11.0. The van der Waals surface area contributed by atoms with Crippen LogP contribution in [0.3, 0.4) is 0 Å². The minimum atomic E-state index is 0.486. The SMILES string of the molecule is C=C(C)[C@H]1CC=C2CCC[C@H](C)[C@@]2(C)C1. The molecule has 0 aromatic carbocycles. The minimum absolute atomic E-state index is 0.486. The van der Waals surface area contributed by atoms with Gasteiger partial charge in [-0.25, -0.2) is 0 Å². The van der Waals surface area contributed by atoms with Gasteiger partial charge in [0, 0.05) is 0 Å². The molecule has 0 aliphatic heterocycles. The van der Waals surface area contributed by atoms with Crippen LogP contribution in [0.5, 0.6) is 0 Å². The summed E-state index contributed by atoms with van der Waals surface area (Å²) in [5.41, 5.74) is 3.61. The fourth-order valence-electron chi connectivity index (χ4n) is 3.44. The quantitative estimate of drug-likeness (QED) is 0.542. The summed E-state index contributed by atoms with van der Waals surface area (Å²) in [6.07, 6.45) is 9.28. The molecule has 0 radical (unpaired) electrons. The van der Waals surface area contributed by atoms with E-state index in [4.69, 9.17) is 0 Å². The summed E-state index contributed by atoms with van der Waals surface area (Å²) in [4.78, 5) is 0. The Morgan fingerprint density at radius 1 is 1.53 bits per heavy atom. The molecule has 0 unspecified atom stereocenters. The second-order valence-corrected chi connectivity index (χ2v) is 5.92. The molecule has 15 heavy (non-hydrogen) atoms. The predicted molar refractivity (Wildman–Crippen MR) is 66.7 cm³/mol.